The lowest BCUT2D eigenvalue weighted by atomic mass is 10.2. The van der Waals surface area contributed by atoms with Gasteiger partial charge in [0.05, 0.1) is 17.1 Å². The van der Waals surface area contributed by atoms with Crippen LogP contribution in [0.15, 0.2) is 41.3 Å². The van der Waals surface area contributed by atoms with E-state index in [4.69, 9.17) is 5.73 Å². The van der Waals surface area contributed by atoms with E-state index in [1.54, 1.807) is 0 Å². The minimum atomic E-state index is -0.421. The van der Waals surface area contributed by atoms with E-state index in [1.807, 2.05) is 26.0 Å². The van der Waals surface area contributed by atoms with Gasteiger partial charge < -0.3 is 11.1 Å². The molecule has 0 spiro atoms. The van der Waals surface area contributed by atoms with Crippen molar-refractivity contribution in [1.82, 2.24) is 0 Å². The zero-order valence-electron chi connectivity index (χ0n) is 11.9. The van der Waals surface area contributed by atoms with E-state index >= 15 is 0 Å². The summed E-state index contributed by atoms with van der Waals surface area (Å²) in [4.78, 5) is 13.0. The van der Waals surface area contributed by atoms with Gasteiger partial charge in [-0.1, -0.05) is 17.7 Å². The van der Waals surface area contributed by atoms with Crippen LogP contribution < -0.4 is 11.1 Å². The van der Waals surface area contributed by atoms with Crippen LogP contribution in [0.5, 0.6) is 0 Å². The van der Waals surface area contributed by atoms with E-state index in [1.165, 1.54) is 35.5 Å². The molecule has 0 aliphatic rings. The van der Waals surface area contributed by atoms with Crippen molar-refractivity contribution in [1.29, 1.82) is 0 Å². The number of hydrogen-bond donors (Lipinski definition) is 2. The molecule has 0 saturated heterocycles. The zero-order valence-corrected chi connectivity index (χ0v) is 12.8. The van der Waals surface area contributed by atoms with Gasteiger partial charge in [-0.05, 0) is 43.7 Å². The maximum Gasteiger partial charge on any atom is 0.234 e. The van der Waals surface area contributed by atoms with Gasteiger partial charge in [0.1, 0.15) is 5.82 Å². The van der Waals surface area contributed by atoms with Crippen molar-refractivity contribution in [2.75, 3.05) is 16.8 Å². The Kier molecular flexibility index (Phi) is 4.85. The summed E-state index contributed by atoms with van der Waals surface area (Å²) in [6.45, 7) is 4.05. The van der Waals surface area contributed by atoms with Crippen LogP contribution in [-0.2, 0) is 4.79 Å². The molecule has 110 valence electrons. The van der Waals surface area contributed by atoms with Crippen molar-refractivity contribution < 1.29 is 9.18 Å². The molecular formula is C16H17FN2OS. The second-order valence-corrected chi connectivity index (χ2v) is 5.85. The zero-order chi connectivity index (χ0) is 15.4. The fourth-order valence-electron chi connectivity index (χ4n) is 1.94. The molecule has 3 N–H and O–H groups in total. The summed E-state index contributed by atoms with van der Waals surface area (Å²) in [5, 5.41) is 2.69. The fourth-order valence-corrected chi connectivity index (χ4v) is 2.75. The lowest BCUT2D eigenvalue weighted by molar-refractivity contribution is -0.113. The molecule has 0 unspecified atom stereocenters. The first-order valence-corrected chi connectivity index (χ1v) is 7.49. The monoisotopic (exact) mass is 304 g/mol. The highest BCUT2D eigenvalue weighted by molar-refractivity contribution is 8.00. The Balaban J connectivity index is 1.96. The van der Waals surface area contributed by atoms with Crippen LogP contribution in [0, 0.1) is 19.7 Å². The van der Waals surface area contributed by atoms with Crippen molar-refractivity contribution in [3.8, 4) is 0 Å². The molecule has 0 saturated carbocycles. The van der Waals surface area contributed by atoms with E-state index in [0.717, 1.165) is 10.5 Å². The number of nitrogen functional groups attached to an aromatic ring is 1. The number of thioether (sulfide) groups is 1. The second kappa shape index (κ2) is 6.63. The second-order valence-electron chi connectivity index (χ2n) is 4.84. The van der Waals surface area contributed by atoms with E-state index < -0.39 is 5.82 Å². The smallest absolute Gasteiger partial charge is 0.234 e. The molecular weight excluding hydrogens is 287 g/mol. The van der Waals surface area contributed by atoms with Gasteiger partial charge in [0, 0.05) is 4.90 Å². The van der Waals surface area contributed by atoms with Crippen molar-refractivity contribution in [2.45, 2.75) is 18.7 Å². The predicted molar refractivity (Wildman–Crippen MR) is 86.1 cm³/mol. The Labute approximate surface area is 127 Å². The summed E-state index contributed by atoms with van der Waals surface area (Å²) in [7, 11) is 0. The Hall–Kier alpha value is -2.01. The van der Waals surface area contributed by atoms with Crippen molar-refractivity contribution >= 4 is 29.0 Å². The Morgan fingerprint density at radius 1 is 1.24 bits per heavy atom. The molecule has 0 aliphatic heterocycles. The Bertz CT molecular complexity index is 673. The molecule has 0 aromatic heterocycles. The minimum absolute atomic E-state index is 0.168. The van der Waals surface area contributed by atoms with E-state index in [9.17, 15) is 9.18 Å². The highest BCUT2D eigenvalue weighted by Gasteiger charge is 2.08. The SMILES string of the molecule is Cc1ccc(SCC(=O)Nc2ccc(F)cc2N)c(C)c1. The molecule has 1 amide bonds. The van der Waals surface area contributed by atoms with Crippen LogP contribution in [0.3, 0.4) is 0 Å². The van der Waals surface area contributed by atoms with Gasteiger partial charge in [-0.25, -0.2) is 4.39 Å². The quantitative estimate of drug-likeness (QED) is 0.668. The normalized spacial score (nSPS) is 10.4. The van der Waals surface area contributed by atoms with E-state index in [2.05, 4.69) is 11.4 Å². The van der Waals surface area contributed by atoms with Crippen LogP contribution in [0.4, 0.5) is 15.8 Å². The van der Waals surface area contributed by atoms with Crippen LogP contribution in [-0.4, -0.2) is 11.7 Å². The van der Waals surface area contributed by atoms with Crippen LogP contribution in [0.1, 0.15) is 11.1 Å². The van der Waals surface area contributed by atoms with Gasteiger partial charge in [-0.3, -0.25) is 4.79 Å². The average molecular weight is 304 g/mol. The van der Waals surface area contributed by atoms with Gasteiger partial charge in [-0.15, -0.1) is 11.8 Å². The molecule has 0 fully saturated rings. The van der Waals surface area contributed by atoms with Crippen molar-refractivity contribution in [3.05, 3.63) is 53.3 Å². The Morgan fingerprint density at radius 3 is 2.67 bits per heavy atom. The minimum Gasteiger partial charge on any atom is -0.397 e. The number of halogens is 1. The summed E-state index contributed by atoms with van der Waals surface area (Å²) in [5.41, 5.74) is 8.65. The largest absolute Gasteiger partial charge is 0.397 e. The lowest BCUT2D eigenvalue weighted by Gasteiger charge is -2.09. The van der Waals surface area contributed by atoms with Gasteiger partial charge in [-0.2, -0.15) is 0 Å². The third-order valence-corrected chi connectivity index (χ3v) is 4.15. The summed E-state index contributed by atoms with van der Waals surface area (Å²) in [6, 6.07) is 10.0. The average Bonchev–Trinajstić information content (AvgIpc) is 2.41. The molecule has 0 radical (unpaired) electrons. The molecule has 0 atom stereocenters. The molecule has 0 aliphatic carbocycles. The third-order valence-electron chi connectivity index (χ3n) is 2.98. The first kappa shape index (κ1) is 15.4. The fraction of sp³-hybridized carbons (Fsp3) is 0.188. The van der Waals surface area contributed by atoms with Crippen molar-refractivity contribution in [2.24, 2.45) is 0 Å². The first-order chi connectivity index (χ1) is 9.95. The number of amides is 1. The highest BCUT2D eigenvalue weighted by Crippen LogP contribution is 2.24. The summed E-state index contributed by atoms with van der Waals surface area (Å²) >= 11 is 1.47. The molecule has 2 rings (SSSR count). The Morgan fingerprint density at radius 2 is 2.00 bits per heavy atom. The number of carbonyl (C=O) groups is 1. The number of nitrogens with two attached hydrogens (primary N) is 1. The molecule has 5 heteroatoms. The van der Waals surface area contributed by atoms with Gasteiger partial charge >= 0.3 is 0 Å². The van der Waals surface area contributed by atoms with E-state index in [-0.39, 0.29) is 17.3 Å². The molecule has 0 bridgehead atoms. The van der Waals surface area contributed by atoms with Crippen molar-refractivity contribution in [3.63, 3.8) is 0 Å². The predicted octanol–water partition coefficient (Wildman–Crippen LogP) is 3.76. The van der Waals surface area contributed by atoms with Crippen LogP contribution in [0.25, 0.3) is 0 Å². The summed E-state index contributed by atoms with van der Waals surface area (Å²) < 4.78 is 12.9. The number of benzene rings is 2. The summed E-state index contributed by atoms with van der Waals surface area (Å²) in [6.07, 6.45) is 0. The summed E-state index contributed by atoms with van der Waals surface area (Å²) in [5.74, 6) is -0.311. The first-order valence-electron chi connectivity index (χ1n) is 6.50. The number of hydrogen-bond acceptors (Lipinski definition) is 3. The molecule has 2 aromatic carbocycles. The van der Waals surface area contributed by atoms with Crippen LogP contribution in [0.2, 0.25) is 0 Å². The molecule has 0 heterocycles. The molecule has 2 aromatic rings. The topological polar surface area (TPSA) is 55.1 Å². The van der Waals surface area contributed by atoms with E-state index in [0.29, 0.717) is 5.69 Å². The maximum atomic E-state index is 12.9. The van der Waals surface area contributed by atoms with Gasteiger partial charge in [0.2, 0.25) is 5.91 Å². The molecule has 3 nitrogen and oxygen atoms in total. The number of anilines is 2. The standard InChI is InChI=1S/C16H17FN2OS/c1-10-3-6-15(11(2)7-10)21-9-16(20)19-14-5-4-12(17)8-13(14)18/h3-8H,9,18H2,1-2H3,(H,19,20). The molecule has 21 heavy (non-hydrogen) atoms. The van der Waals surface area contributed by atoms with Gasteiger partial charge in [0.15, 0.2) is 0 Å². The van der Waals surface area contributed by atoms with Gasteiger partial charge in [0.25, 0.3) is 0 Å². The lowest BCUT2D eigenvalue weighted by Crippen LogP contribution is -2.15. The highest BCUT2D eigenvalue weighted by atomic mass is 32.2. The number of rotatable bonds is 4. The maximum absolute atomic E-state index is 12.9. The third kappa shape index (κ3) is 4.23. The van der Waals surface area contributed by atoms with Crippen LogP contribution >= 0.6 is 11.8 Å². The number of nitrogens with one attached hydrogen (secondary N) is 1. The number of carbonyl (C=O) groups excluding carboxylic acids is 1. The number of aryl methyl sites for hydroxylation is 2.